The van der Waals surface area contributed by atoms with Crippen LogP contribution >= 0.6 is 0 Å². The summed E-state index contributed by atoms with van der Waals surface area (Å²) in [6.07, 6.45) is 1.94. The second kappa shape index (κ2) is 6.52. The van der Waals surface area contributed by atoms with Gasteiger partial charge in [0.25, 0.3) is 0 Å². The van der Waals surface area contributed by atoms with Gasteiger partial charge >= 0.3 is 5.97 Å². The van der Waals surface area contributed by atoms with Crippen LogP contribution in [0.3, 0.4) is 0 Å². The first-order chi connectivity index (χ1) is 9.62. The lowest BCUT2D eigenvalue weighted by Gasteiger charge is -2.12. The molecule has 0 radical (unpaired) electrons. The molecule has 2 N–H and O–H groups in total. The quantitative estimate of drug-likeness (QED) is 0.709. The molecule has 0 atom stereocenters. The van der Waals surface area contributed by atoms with E-state index in [2.05, 4.69) is 5.32 Å². The van der Waals surface area contributed by atoms with Gasteiger partial charge in [-0.1, -0.05) is 30.3 Å². The Bertz CT molecular complexity index is 468. The topological polar surface area (TPSA) is 75.6 Å². The van der Waals surface area contributed by atoms with Crippen molar-refractivity contribution in [3.8, 4) is 0 Å². The summed E-state index contributed by atoms with van der Waals surface area (Å²) in [7, 11) is 0. The molecular formula is C15H19NO4. The number of ether oxygens (including phenoxy) is 1. The number of hydrogen-bond acceptors (Lipinski definition) is 3. The van der Waals surface area contributed by atoms with E-state index >= 15 is 0 Å². The van der Waals surface area contributed by atoms with Gasteiger partial charge in [0.05, 0.1) is 6.61 Å². The van der Waals surface area contributed by atoms with Crippen molar-refractivity contribution in [3.05, 3.63) is 35.9 Å². The molecule has 1 amide bonds. The maximum atomic E-state index is 11.6. The first kappa shape index (κ1) is 14.5. The maximum Gasteiger partial charge on any atom is 0.329 e. The molecule has 0 bridgehead atoms. The molecule has 0 spiro atoms. The average Bonchev–Trinajstić information content (AvgIpc) is 3.20. The van der Waals surface area contributed by atoms with Crippen LogP contribution in [0.2, 0.25) is 0 Å². The standard InChI is InChI=1S/C15H19NO4/c17-13(16-15(8-9-15)14(18)19)7-4-10-20-11-12-5-2-1-3-6-12/h1-3,5-6H,4,7-11H2,(H,16,17)(H,18,19). The van der Waals surface area contributed by atoms with Crippen LogP contribution in [-0.4, -0.2) is 29.1 Å². The number of carboxylic acid groups (broad SMARTS) is 1. The third-order valence-electron chi connectivity index (χ3n) is 3.34. The Hall–Kier alpha value is -1.88. The third-order valence-corrected chi connectivity index (χ3v) is 3.34. The molecule has 1 fully saturated rings. The smallest absolute Gasteiger partial charge is 0.329 e. The van der Waals surface area contributed by atoms with Crippen LogP contribution in [0.15, 0.2) is 30.3 Å². The Kier molecular flexibility index (Phi) is 4.74. The Morgan fingerprint density at radius 1 is 1.25 bits per heavy atom. The van der Waals surface area contributed by atoms with Crippen molar-refractivity contribution in [2.24, 2.45) is 0 Å². The number of carboxylic acids is 1. The van der Waals surface area contributed by atoms with Gasteiger partial charge in [0, 0.05) is 13.0 Å². The second-order valence-corrected chi connectivity index (χ2v) is 5.08. The summed E-state index contributed by atoms with van der Waals surface area (Å²) in [5, 5.41) is 11.5. The number of benzene rings is 1. The lowest BCUT2D eigenvalue weighted by molar-refractivity contribution is -0.143. The third kappa shape index (κ3) is 4.06. The molecule has 2 rings (SSSR count). The molecule has 0 heterocycles. The van der Waals surface area contributed by atoms with Crippen LogP contribution in [0.5, 0.6) is 0 Å². The number of carbonyl (C=O) groups is 2. The van der Waals surface area contributed by atoms with Crippen LogP contribution < -0.4 is 5.32 Å². The molecule has 1 aliphatic rings. The van der Waals surface area contributed by atoms with E-state index in [9.17, 15) is 9.59 Å². The van der Waals surface area contributed by atoms with Gasteiger partial charge < -0.3 is 15.2 Å². The highest BCUT2D eigenvalue weighted by molar-refractivity contribution is 5.89. The summed E-state index contributed by atoms with van der Waals surface area (Å²) in [6.45, 7) is 1.02. The highest BCUT2D eigenvalue weighted by Gasteiger charge is 2.51. The predicted molar refractivity (Wildman–Crippen MR) is 73.1 cm³/mol. The first-order valence-electron chi connectivity index (χ1n) is 6.78. The highest BCUT2D eigenvalue weighted by atomic mass is 16.5. The monoisotopic (exact) mass is 277 g/mol. The van der Waals surface area contributed by atoms with Crippen molar-refractivity contribution in [2.75, 3.05) is 6.61 Å². The zero-order valence-corrected chi connectivity index (χ0v) is 11.3. The van der Waals surface area contributed by atoms with E-state index in [1.807, 2.05) is 30.3 Å². The maximum absolute atomic E-state index is 11.6. The minimum atomic E-state index is -0.984. The van der Waals surface area contributed by atoms with E-state index in [0.29, 0.717) is 38.9 Å². The van der Waals surface area contributed by atoms with Gasteiger partial charge in [-0.05, 0) is 24.8 Å². The summed E-state index contributed by atoms with van der Waals surface area (Å²) in [6, 6.07) is 9.82. The van der Waals surface area contributed by atoms with Crippen LogP contribution in [-0.2, 0) is 20.9 Å². The van der Waals surface area contributed by atoms with Crippen molar-refractivity contribution in [1.29, 1.82) is 0 Å². The SMILES string of the molecule is O=C(CCCOCc1ccccc1)NC1(C(=O)O)CC1. The summed E-state index contributed by atoms with van der Waals surface area (Å²) in [5.74, 6) is -1.15. The summed E-state index contributed by atoms with van der Waals surface area (Å²) < 4.78 is 5.47. The van der Waals surface area contributed by atoms with E-state index < -0.39 is 11.5 Å². The largest absolute Gasteiger partial charge is 0.480 e. The summed E-state index contributed by atoms with van der Waals surface area (Å²) >= 11 is 0. The Morgan fingerprint density at radius 3 is 2.55 bits per heavy atom. The van der Waals surface area contributed by atoms with Gasteiger partial charge in [-0.15, -0.1) is 0 Å². The fraction of sp³-hybridized carbons (Fsp3) is 0.467. The van der Waals surface area contributed by atoms with E-state index in [1.54, 1.807) is 0 Å². The molecular weight excluding hydrogens is 258 g/mol. The predicted octanol–water partition coefficient (Wildman–Crippen LogP) is 1.72. The molecule has 108 valence electrons. The van der Waals surface area contributed by atoms with E-state index in [-0.39, 0.29) is 5.91 Å². The zero-order chi connectivity index (χ0) is 14.4. The molecule has 0 aliphatic heterocycles. The molecule has 0 unspecified atom stereocenters. The molecule has 0 saturated heterocycles. The minimum Gasteiger partial charge on any atom is -0.480 e. The van der Waals surface area contributed by atoms with Crippen LogP contribution in [0.25, 0.3) is 0 Å². The van der Waals surface area contributed by atoms with Gasteiger partial charge in [0.2, 0.25) is 5.91 Å². The second-order valence-electron chi connectivity index (χ2n) is 5.08. The fourth-order valence-electron chi connectivity index (χ4n) is 1.95. The van der Waals surface area contributed by atoms with Gasteiger partial charge in [0.15, 0.2) is 0 Å². The van der Waals surface area contributed by atoms with Gasteiger partial charge in [-0.3, -0.25) is 4.79 Å². The van der Waals surface area contributed by atoms with Gasteiger partial charge in [0.1, 0.15) is 5.54 Å². The summed E-state index contributed by atoms with van der Waals surface area (Å²) in [4.78, 5) is 22.5. The van der Waals surface area contributed by atoms with Crippen LogP contribution in [0.4, 0.5) is 0 Å². The van der Waals surface area contributed by atoms with E-state index in [1.165, 1.54) is 0 Å². The Labute approximate surface area is 117 Å². The number of rotatable bonds is 8. The molecule has 20 heavy (non-hydrogen) atoms. The molecule has 0 aromatic heterocycles. The van der Waals surface area contributed by atoms with E-state index in [4.69, 9.17) is 9.84 Å². The van der Waals surface area contributed by atoms with Crippen molar-refractivity contribution in [3.63, 3.8) is 0 Å². The molecule has 5 heteroatoms. The van der Waals surface area contributed by atoms with Gasteiger partial charge in [-0.2, -0.15) is 0 Å². The lowest BCUT2D eigenvalue weighted by atomic mass is 10.2. The van der Waals surface area contributed by atoms with Crippen molar-refractivity contribution >= 4 is 11.9 Å². The number of amides is 1. The highest BCUT2D eigenvalue weighted by Crippen LogP contribution is 2.35. The number of nitrogens with one attached hydrogen (secondary N) is 1. The molecule has 1 saturated carbocycles. The lowest BCUT2D eigenvalue weighted by Crippen LogP contribution is -2.43. The van der Waals surface area contributed by atoms with Crippen molar-refractivity contribution < 1.29 is 19.4 Å². The minimum absolute atomic E-state index is 0.215. The Balaban J connectivity index is 1.57. The molecule has 1 aliphatic carbocycles. The van der Waals surface area contributed by atoms with Crippen LogP contribution in [0, 0.1) is 0 Å². The van der Waals surface area contributed by atoms with Crippen molar-refractivity contribution in [2.45, 2.75) is 37.8 Å². The first-order valence-corrected chi connectivity index (χ1v) is 6.78. The number of carbonyl (C=O) groups excluding carboxylic acids is 1. The van der Waals surface area contributed by atoms with E-state index in [0.717, 1.165) is 5.56 Å². The zero-order valence-electron chi connectivity index (χ0n) is 11.3. The Morgan fingerprint density at radius 2 is 1.95 bits per heavy atom. The number of aliphatic carboxylic acids is 1. The summed E-state index contributed by atoms with van der Waals surface area (Å²) in [5.41, 5.74) is 0.113. The fourth-order valence-corrected chi connectivity index (χ4v) is 1.95. The molecule has 1 aromatic carbocycles. The average molecular weight is 277 g/mol. The normalized spacial score (nSPS) is 15.6. The van der Waals surface area contributed by atoms with Crippen molar-refractivity contribution in [1.82, 2.24) is 5.32 Å². The number of hydrogen-bond donors (Lipinski definition) is 2. The van der Waals surface area contributed by atoms with Gasteiger partial charge in [-0.25, -0.2) is 4.79 Å². The molecule has 1 aromatic rings. The van der Waals surface area contributed by atoms with Crippen LogP contribution in [0.1, 0.15) is 31.2 Å². The molecule has 5 nitrogen and oxygen atoms in total.